The molecular weight excluding hydrogens is 320 g/mol. The average molecular weight is 338 g/mol. The van der Waals surface area contributed by atoms with E-state index in [4.69, 9.17) is 9.15 Å². The first-order chi connectivity index (χ1) is 12.2. The van der Waals surface area contributed by atoms with E-state index in [2.05, 4.69) is 10.6 Å². The number of rotatable bonds is 7. The lowest BCUT2D eigenvalue weighted by molar-refractivity contribution is -0.120. The Kier molecular flexibility index (Phi) is 5.31. The molecule has 3 aromatic rings. The predicted octanol–water partition coefficient (Wildman–Crippen LogP) is 2.36. The molecule has 0 fully saturated rings. The van der Waals surface area contributed by atoms with Crippen molar-refractivity contribution in [2.75, 3.05) is 19.7 Å². The van der Waals surface area contributed by atoms with Crippen molar-refractivity contribution in [1.29, 1.82) is 0 Å². The number of carbonyl (C=O) groups excluding carboxylic acids is 2. The largest absolute Gasteiger partial charge is 0.492 e. The number of furan rings is 1. The molecule has 1 aromatic heterocycles. The Morgan fingerprint density at radius 1 is 1.00 bits per heavy atom. The lowest BCUT2D eigenvalue weighted by atomic mass is 10.1. The highest BCUT2D eigenvalue weighted by atomic mass is 16.5. The third-order valence-corrected chi connectivity index (χ3v) is 3.61. The van der Waals surface area contributed by atoms with E-state index < -0.39 is 0 Å². The van der Waals surface area contributed by atoms with Crippen LogP contribution < -0.4 is 15.4 Å². The number of hydrogen-bond donors (Lipinski definition) is 2. The molecule has 6 heteroatoms. The molecule has 0 aliphatic heterocycles. The smallest absolute Gasteiger partial charge is 0.254 e. The van der Waals surface area contributed by atoms with Crippen LogP contribution in [0.4, 0.5) is 0 Å². The van der Waals surface area contributed by atoms with Crippen LogP contribution in [0.3, 0.4) is 0 Å². The first-order valence-corrected chi connectivity index (χ1v) is 7.91. The van der Waals surface area contributed by atoms with Gasteiger partial charge in [0.05, 0.1) is 24.9 Å². The van der Waals surface area contributed by atoms with Gasteiger partial charge in [-0.1, -0.05) is 30.3 Å². The second-order valence-corrected chi connectivity index (χ2v) is 5.40. The van der Waals surface area contributed by atoms with E-state index in [9.17, 15) is 9.59 Å². The number of fused-ring (bicyclic) bond motifs is 1. The van der Waals surface area contributed by atoms with Crippen LogP contribution in [0.5, 0.6) is 5.75 Å². The summed E-state index contributed by atoms with van der Waals surface area (Å²) >= 11 is 0. The Morgan fingerprint density at radius 2 is 1.84 bits per heavy atom. The van der Waals surface area contributed by atoms with Gasteiger partial charge >= 0.3 is 0 Å². The van der Waals surface area contributed by atoms with Gasteiger partial charge in [-0.3, -0.25) is 9.59 Å². The number of benzene rings is 2. The summed E-state index contributed by atoms with van der Waals surface area (Å²) in [6.07, 6.45) is 2.73. The van der Waals surface area contributed by atoms with E-state index in [1.165, 1.54) is 18.6 Å². The van der Waals surface area contributed by atoms with Crippen molar-refractivity contribution in [3.63, 3.8) is 0 Å². The summed E-state index contributed by atoms with van der Waals surface area (Å²) in [5, 5.41) is 7.45. The fourth-order valence-electron chi connectivity index (χ4n) is 2.34. The zero-order valence-electron chi connectivity index (χ0n) is 13.5. The Balaban J connectivity index is 1.37. The SMILES string of the molecule is O=C(CNC(=O)c1ccoc1)NCCOc1ccc2ccccc2c1. The summed E-state index contributed by atoms with van der Waals surface area (Å²) in [7, 11) is 0. The van der Waals surface area contributed by atoms with Crippen LogP contribution in [-0.4, -0.2) is 31.5 Å². The lowest BCUT2D eigenvalue weighted by Crippen LogP contribution is -2.38. The summed E-state index contributed by atoms with van der Waals surface area (Å²) in [4.78, 5) is 23.4. The number of hydrogen-bond acceptors (Lipinski definition) is 4. The Hall–Kier alpha value is -3.28. The molecule has 0 saturated carbocycles. The van der Waals surface area contributed by atoms with Crippen LogP contribution in [0.2, 0.25) is 0 Å². The van der Waals surface area contributed by atoms with Gasteiger partial charge in [0.2, 0.25) is 5.91 Å². The van der Waals surface area contributed by atoms with Gasteiger partial charge in [0.15, 0.2) is 0 Å². The molecule has 0 atom stereocenters. The van der Waals surface area contributed by atoms with E-state index in [0.29, 0.717) is 18.7 Å². The third-order valence-electron chi connectivity index (χ3n) is 3.61. The number of amides is 2. The maximum absolute atomic E-state index is 11.7. The first kappa shape index (κ1) is 16.6. The van der Waals surface area contributed by atoms with Crippen LogP contribution >= 0.6 is 0 Å². The molecule has 2 amide bonds. The van der Waals surface area contributed by atoms with E-state index in [0.717, 1.165) is 16.5 Å². The van der Waals surface area contributed by atoms with Gasteiger partial charge in [0, 0.05) is 0 Å². The second kappa shape index (κ2) is 8.01. The molecule has 0 saturated heterocycles. The van der Waals surface area contributed by atoms with Gasteiger partial charge in [-0.15, -0.1) is 0 Å². The highest BCUT2D eigenvalue weighted by Crippen LogP contribution is 2.20. The van der Waals surface area contributed by atoms with E-state index in [1.54, 1.807) is 0 Å². The normalized spacial score (nSPS) is 10.4. The molecule has 3 rings (SSSR count). The fraction of sp³-hybridized carbons (Fsp3) is 0.158. The summed E-state index contributed by atoms with van der Waals surface area (Å²) < 4.78 is 10.4. The molecule has 0 unspecified atom stereocenters. The second-order valence-electron chi connectivity index (χ2n) is 5.40. The minimum absolute atomic E-state index is 0.0972. The molecule has 25 heavy (non-hydrogen) atoms. The fourth-order valence-corrected chi connectivity index (χ4v) is 2.34. The van der Waals surface area contributed by atoms with Gasteiger partial charge < -0.3 is 19.8 Å². The van der Waals surface area contributed by atoms with Crippen molar-refractivity contribution in [2.24, 2.45) is 0 Å². The summed E-state index contributed by atoms with van der Waals surface area (Å²) in [6.45, 7) is 0.604. The van der Waals surface area contributed by atoms with E-state index >= 15 is 0 Å². The molecule has 6 nitrogen and oxygen atoms in total. The van der Waals surface area contributed by atoms with Crippen molar-refractivity contribution < 1.29 is 18.7 Å². The maximum Gasteiger partial charge on any atom is 0.254 e. The van der Waals surface area contributed by atoms with Gasteiger partial charge in [-0.25, -0.2) is 0 Å². The molecule has 0 aliphatic carbocycles. The molecule has 2 N–H and O–H groups in total. The number of nitrogens with one attached hydrogen (secondary N) is 2. The third kappa shape index (κ3) is 4.60. The minimum atomic E-state index is -0.351. The Bertz CT molecular complexity index is 859. The topological polar surface area (TPSA) is 80.6 Å². The quantitative estimate of drug-likeness (QED) is 0.648. The van der Waals surface area contributed by atoms with Crippen molar-refractivity contribution >= 4 is 22.6 Å². The Morgan fingerprint density at radius 3 is 2.64 bits per heavy atom. The summed E-state index contributed by atoms with van der Waals surface area (Å²) in [5.41, 5.74) is 0.382. The monoisotopic (exact) mass is 338 g/mol. The van der Waals surface area contributed by atoms with Crippen molar-refractivity contribution in [3.05, 3.63) is 66.6 Å². The molecule has 0 spiro atoms. The predicted molar refractivity (Wildman–Crippen MR) is 93.5 cm³/mol. The van der Waals surface area contributed by atoms with Crippen LogP contribution in [0, 0.1) is 0 Å². The minimum Gasteiger partial charge on any atom is -0.492 e. The molecule has 0 bridgehead atoms. The van der Waals surface area contributed by atoms with Gasteiger partial charge in [0.25, 0.3) is 5.91 Å². The van der Waals surface area contributed by atoms with Crippen LogP contribution in [-0.2, 0) is 4.79 Å². The zero-order chi connectivity index (χ0) is 17.5. The van der Waals surface area contributed by atoms with Crippen LogP contribution in [0.1, 0.15) is 10.4 Å². The standard InChI is InChI=1S/C19H18N2O4/c22-18(12-21-19(23)16-7-9-24-13-16)20-8-10-25-17-6-5-14-3-1-2-4-15(14)11-17/h1-7,9,11,13H,8,10,12H2,(H,20,22)(H,21,23). The molecule has 128 valence electrons. The average Bonchev–Trinajstić information content (AvgIpc) is 3.18. The lowest BCUT2D eigenvalue weighted by Gasteiger charge is -2.09. The van der Waals surface area contributed by atoms with Crippen molar-refractivity contribution in [3.8, 4) is 5.75 Å². The first-order valence-electron chi connectivity index (χ1n) is 7.91. The molecule has 2 aromatic carbocycles. The molecule has 0 aliphatic rings. The van der Waals surface area contributed by atoms with Gasteiger partial charge in [-0.2, -0.15) is 0 Å². The van der Waals surface area contributed by atoms with Crippen molar-refractivity contribution in [2.45, 2.75) is 0 Å². The van der Waals surface area contributed by atoms with Crippen molar-refractivity contribution in [1.82, 2.24) is 10.6 Å². The summed E-state index contributed by atoms with van der Waals surface area (Å²) in [5.74, 6) is 0.122. The molecule has 1 heterocycles. The Labute approximate surface area is 144 Å². The highest BCUT2D eigenvalue weighted by molar-refractivity contribution is 5.96. The molecule has 0 radical (unpaired) electrons. The maximum atomic E-state index is 11.7. The van der Waals surface area contributed by atoms with Gasteiger partial charge in [-0.05, 0) is 29.0 Å². The molecular formula is C19H18N2O4. The van der Waals surface area contributed by atoms with Crippen LogP contribution in [0.15, 0.2) is 65.5 Å². The number of ether oxygens (including phenoxy) is 1. The van der Waals surface area contributed by atoms with E-state index in [1.807, 2.05) is 42.5 Å². The zero-order valence-corrected chi connectivity index (χ0v) is 13.5. The number of carbonyl (C=O) groups is 2. The van der Waals surface area contributed by atoms with E-state index in [-0.39, 0.29) is 18.4 Å². The highest BCUT2D eigenvalue weighted by Gasteiger charge is 2.08. The summed E-state index contributed by atoms with van der Waals surface area (Å²) in [6, 6.07) is 15.4. The van der Waals surface area contributed by atoms with Crippen LogP contribution in [0.25, 0.3) is 10.8 Å². The van der Waals surface area contributed by atoms with Gasteiger partial charge in [0.1, 0.15) is 18.6 Å².